The van der Waals surface area contributed by atoms with Gasteiger partial charge in [-0.2, -0.15) is 0 Å². The maximum absolute atomic E-state index is 5.38. The molecule has 0 atom stereocenters. The van der Waals surface area contributed by atoms with Crippen LogP contribution in [0.1, 0.15) is 19.8 Å². The summed E-state index contributed by atoms with van der Waals surface area (Å²) in [6, 6.07) is 0. The molecule has 0 saturated heterocycles. The van der Waals surface area contributed by atoms with Crippen molar-refractivity contribution in [2.24, 2.45) is 11.5 Å². The number of unbranched alkanes of at least 4 members (excludes halogenated alkanes) is 1. The summed E-state index contributed by atoms with van der Waals surface area (Å²) in [5.74, 6) is 0. The quantitative estimate of drug-likeness (QED) is 0.583. The fourth-order valence-electron chi connectivity index (χ4n) is 0.923. The second kappa shape index (κ2) is 6.73. The first-order valence-corrected chi connectivity index (χ1v) is 4.23. The molecule has 0 fully saturated rings. The summed E-state index contributed by atoms with van der Waals surface area (Å²) in [5.41, 5.74) is 11.7. The van der Waals surface area contributed by atoms with Crippen LogP contribution in [0.2, 0.25) is 0 Å². The standard InChI is InChI=1S/C9H19N3/c1-9(2)12(8-6-11)7-4-3-5-10/h6,8H,1,3-5,7,10-11H2,2H3/b8-6-. The van der Waals surface area contributed by atoms with Crippen LogP contribution in [0.15, 0.2) is 24.7 Å². The monoisotopic (exact) mass is 169 g/mol. The van der Waals surface area contributed by atoms with E-state index in [1.54, 1.807) is 0 Å². The molecular weight excluding hydrogens is 150 g/mol. The van der Waals surface area contributed by atoms with Crippen molar-refractivity contribution in [3.8, 4) is 0 Å². The second-order valence-corrected chi connectivity index (χ2v) is 2.77. The highest BCUT2D eigenvalue weighted by atomic mass is 15.1. The van der Waals surface area contributed by atoms with Crippen LogP contribution >= 0.6 is 0 Å². The van der Waals surface area contributed by atoms with Crippen molar-refractivity contribution in [1.82, 2.24) is 4.90 Å². The number of hydrogen-bond donors (Lipinski definition) is 2. The molecule has 0 aromatic rings. The van der Waals surface area contributed by atoms with Crippen molar-refractivity contribution in [2.75, 3.05) is 13.1 Å². The average molecular weight is 169 g/mol. The number of nitrogens with two attached hydrogens (primary N) is 2. The molecule has 0 aliphatic carbocycles. The van der Waals surface area contributed by atoms with Gasteiger partial charge < -0.3 is 16.4 Å². The third-order valence-corrected chi connectivity index (χ3v) is 1.61. The molecule has 0 radical (unpaired) electrons. The Morgan fingerprint density at radius 3 is 2.58 bits per heavy atom. The minimum Gasteiger partial charge on any atom is -0.403 e. The Balaban J connectivity index is 3.72. The van der Waals surface area contributed by atoms with Crippen LogP contribution in [0.25, 0.3) is 0 Å². The maximum atomic E-state index is 5.38. The first kappa shape index (κ1) is 11.0. The zero-order valence-corrected chi connectivity index (χ0v) is 7.79. The largest absolute Gasteiger partial charge is 0.403 e. The van der Waals surface area contributed by atoms with E-state index in [4.69, 9.17) is 11.5 Å². The molecular formula is C9H19N3. The van der Waals surface area contributed by atoms with Crippen LogP contribution < -0.4 is 11.5 Å². The molecule has 0 rings (SSSR count). The topological polar surface area (TPSA) is 55.3 Å². The van der Waals surface area contributed by atoms with Gasteiger partial charge in [0.2, 0.25) is 0 Å². The van der Waals surface area contributed by atoms with Gasteiger partial charge in [-0.3, -0.25) is 0 Å². The number of hydrogen-bond acceptors (Lipinski definition) is 3. The zero-order chi connectivity index (χ0) is 9.40. The van der Waals surface area contributed by atoms with Gasteiger partial charge in [0, 0.05) is 24.6 Å². The Morgan fingerprint density at radius 1 is 1.50 bits per heavy atom. The molecule has 12 heavy (non-hydrogen) atoms. The molecule has 4 N–H and O–H groups in total. The third-order valence-electron chi connectivity index (χ3n) is 1.61. The van der Waals surface area contributed by atoms with Crippen molar-refractivity contribution in [3.05, 3.63) is 24.7 Å². The Morgan fingerprint density at radius 2 is 2.17 bits per heavy atom. The predicted molar refractivity (Wildman–Crippen MR) is 53.1 cm³/mol. The molecule has 70 valence electrons. The lowest BCUT2D eigenvalue weighted by Gasteiger charge is -2.19. The molecule has 0 aliphatic rings. The Labute approximate surface area is 74.7 Å². The highest BCUT2D eigenvalue weighted by molar-refractivity contribution is 4.95. The van der Waals surface area contributed by atoms with Gasteiger partial charge >= 0.3 is 0 Å². The van der Waals surface area contributed by atoms with Crippen molar-refractivity contribution in [1.29, 1.82) is 0 Å². The van der Waals surface area contributed by atoms with E-state index in [1.165, 1.54) is 6.20 Å². The van der Waals surface area contributed by atoms with Gasteiger partial charge in [-0.15, -0.1) is 0 Å². The average Bonchev–Trinajstić information content (AvgIpc) is 2.03. The molecule has 3 heteroatoms. The summed E-state index contributed by atoms with van der Waals surface area (Å²) < 4.78 is 0. The Kier molecular flexibility index (Phi) is 6.19. The van der Waals surface area contributed by atoms with Gasteiger partial charge in [0.25, 0.3) is 0 Å². The van der Waals surface area contributed by atoms with E-state index >= 15 is 0 Å². The summed E-state index contributed by atoms with van der Waals surface area (Å²) in [6.45, 7) is 7.49. The predicted octanol–water partition coefficient (Wildman–Crippen LogP) is 0.991. The molecule has 0 heterocycles. The summed E-state index contributed by atoms with van der Waals surface area (Å²) in [6.07, 6.45) is 5.48. The molecule has 0 saturated carbocycles. The molecule has 0 spiro atoms. The highest BCUT2D eigenvalue weighted by Gasteiger charge is 1.97. The van der Waals surface area contributed by atoms with Crippen LogP contribution in [-0.2, 0) is 0 Å². The van der Waals surface area contributed by atoms with Gasteiger partial charge in [0.15, 0.2) is 0 Å². The van der Waals surface area contributed by atoms with E-state index in [9.17, 15) is 0 Å². The van der Waals surface area contributed by atoms with Gasteiger partial charge in [-0.05, 0) is 26.3 Å². The van der Waals surface area contributed by atoms with Crippen LogP contribution in [0.4, 0.5) is 0 Å². The van der Waals surface area contributed by atoms with Gasteiger partial charge in [0.05, 0.1) is 0 Å². The lowest BCUT2D eigenvalue weighted by Crippen LogP contribution is -2.17. The molecule has 0 aromatic carbocycles. The molecule has 0 aliphatic heterocycles. The SMILES string of the molecule is C=C(C)N(/C=C\N)CCCCN. The molecule has 0 bridgehead atoms. The molecule has 0 unspecified atom stereocenters. The first-order chi connectivity index (χ1) is 5.72. The molecule has 3 nitrogen and oxygen atoms in total. The maximum Gasteiger partial charge on any atom is 0.0222 e. The second-order valence-electron chi connectivity index (χ2n) is 2.77. The van der Waals surface area contributed by atoms with E-state index in [1.807, 2.05) is 18.0 Å². The van der Waals surface area contributed by atoms with Crippen molar-refractivity contribution in [3.63, 3.8) is 0 Å². The third kappa shape index (κ3) is 4.79. The lowest BCUT2D eigenvalue weighted by molar-refractivity contribution is 0.447. The van der Waals surface area contributed by atoms with Crippen LogP contribution in [0, 0.1) is 0 Å². The summed E-state index contributed by atoms with van der Waals surface area (Å²) in [4.78, 5) is 2.02. The van der Waals surface area contributed by atoms with E-state index in [2.05, 4.69) is 6.58 Å². The van der Waals surface area contributed by atoms with Gasteiger partial charge in [0.1, 0.15) is 0 Å². The summed E-state index contributed by atoms with van der Waals surface area (Å²) in [5, 5.41) is 0. The molecule has 0 aromatic heterocycles. The van der Waals surface area contributed by atoms with Crippen molar-refractivity contribution >= 4 is 0 Å². The zero-order valence-electron chi connectivity index (χ0n) is 7.79. The normalized spacial score (nSPS) is 10.5. The first-order valence-electron chi connectivity index (χ1n) is 4.23. The Bertz CT molecular complexity index is 152. The minimum atomic E-state index is 0.746. The van der Waals surface area contributed by atoms with Gasteiger partial charge in [-0.25, -0.2) is 0 Å². The van der Waals surface area contributed by atoms with E-state index < -0.39 is 0 Å². The number of rotatable bonds is 6. The highest BCUT2D eigenvalue weighted by Crippen LogP contribution is 2.03. The van der Waals surface area contributed by atoms with Crippen LogP contribution in [-0.4, -0.2) is 18.0 Å². The van der Waals surface area contributed by atoms with Gasteiger partial charge in [-0.1, -0.05) is 6.58 Å². The minimum absolute atomic E-state index is 0.746. The van der Waals surface area contributed by atoms with E-state index in [0.717, 1.165) is 31.6 Å². The fourth-order valence-corrected chi connectivity index (χ4v) is 0.923. The van der Waals surface area contributed by atoms with Crippen LogP contribution in [0.3, 0.4) is 0 Å². The smallest absolute Gasteiger partial charge is 0.0222 e. The number of nitrogens with zero attached hydrogens (tertiary/aromatic N) is 1. The lowest BCUT2D eigenvalue weighted by atomic mass is 10.3. The molecule has 0 amide bonds. The number of allylic oxidation sites excluding steroid dienone is 1. The van der Waals surface area contributed by atoms with Crippen LogP contribution in [0.5, 0.6) is 0 Å². The summed E-state index contributed by atoms with van der Waals surface area (Å²) >= 11 is 0. The summed E-state index contributed by atoms with van der Waals surface area (Å²) in [7, 11) is 0. The Hall–Kier alpha value is -0.960. The van der Waals surface area contributed by atoms with Crippen molar-refractivity contribution < 1.29 is 0 Å². The van der Waals surface area contributed by atoms with E-state index in [0.29, 0.717) is 0 Å². The van der Waals surface area contributed by atoms with Crippen molar-refractivity contribution in [2.45, 2.75) is 19.8 Å². The fraction of sp³-hybridized carbons (Fsp3) is 0.556. The van der Waals surface area contributed by atoms with E-state index in [-0.39, 0.29) is 0 Å².